The van der Waals surface area contributed by atoms with Crippen molar-refractivity contribution in [1.82, 2.24) is 4.98 Å². The molecule has 1 saturated carbocycles. The third-order valence-corrected chi connectivity index (χ3v) is 5.79. The molecule has 29 heavy (non-hydrogen) atoms. The van der Waals surface area contributed by atoms with Crippen molar-refractivity contribution in [2.75, 3.05) is 19.8 Å². The van der Waals surface area contributed by atoms with Crippen LogP contribution in [0.25, 0.3) is 0 Å². The van der Waals surface area contributed by atoms with Crippen LogP contribution < -0.4 is 10.5 Å². The molecular formula is C21H33ClN2O5. The van der Waals surface area contributed by atoms with Crippen LogP contribution in [0.3, 0.4) is 0 Å². The lowest BCUT2D eigenvalue weighted by Crippen LogP contribution is -2.57. The van der Waals surface area contributed by atoms with E-state index in [1.165, 1.54) is 12.8 Å². The van der Waals surface area contributed by atoms with Crippen LogP contribution in [-0.4, -0.2) is 58.0 Å². The molecule has 0 bridgehead atoms. The third-order valence-electron chi connectivity index (χ3n) is 5.26. The lowest BCUT2D eigenvalue weighted by molar-refractivity contribution is -0.162. The molecule has 1 heterocycles. The SMILES string of the molecule is CCC(Cl)CCCOC[C@H](N)C(O)(Cc1cc(OCCC2CC2)ccn1)C(=O)O. The number of hydrogen-bond acceptors (Lipinski definition) is 6. The van der Waals surface area contributed by atoms with Crippen molar-refractivity contribution in [3.05, 3.63) is 24.0 Å². The van der Waals surface area contributed by atoms with E-state index in [2.05, 4.69) is 4.98 Å². The summed E-state index contributed by atoms with van der Waals surface area (Å²) in [6, 6.07) is 2.28. The molecule has 0 spiro atoms. The van der Waals surface area contributed by atoms with Crippen LogP contribution >= 0.6 is 11.6 Å². The maximum absolute atomic E-state index is 11.8. The number of alkyl halides is 1. The third kappa shape index (κ3) is 8.09. The topological polar surface area (TPSA) is 115 Å². The fourth-order valence-electron chi connectivity index (χ4n) is 2.99. The van der Waals surface area contributed by atoms with Crippen molar-refractivity contribution in [3.8, 4) is 5.75 Å². The Morgan fingerprint density at radius 2 is 2.21 bits per heavy atom. The Balaban J connectivity index is 1.86. The van der Waals surface area contributed by atoms with E-state index in [0.29, 0.717) is 24.7 Å². The first-order chi connectivity index (χ1) is 13.8. The zero-order valence-corrected chi connectivity index (χ0v) is 17.8. The van der Waals surface area contributed by atoms with Crippen molar-refractivity contribution in [3.63, 3.8) is 0 Å². The van der Waals surface area contributed by atoms with E-state index in [1.807, 2.05) is 6.92 Å². The summed E-state index contributed by atoms with van der Waals surface area (Å²) in [7, 11) is 0. The second-order valence-corrected chi connectivity index (χ2v) is 8.42. The lowest BCUT2D eigenvalue weighted by Gasteiger charge is -2.29. The number of carbonyl (C=O) groups is 1. The van der Waals surface area contributed by atoms with Gasteiger partial charge in [0.05, 0.1) is 19.3 Å². The Hall–Kier alpha value is -1.41. The molecule has 8 heteroatoms. The first-order valence-corrected chi connectivity index (χ1v) is 10.8. The number of ether oxygens (including phenoxy) is 2. The number of carboxylic acid groups (broad SMARTS) is 1. The van der Waals surface area contributed by atoms with Crippen LogP contribution in [0.5, 0.6) is 5.75 Å². The van der Waals surface area contributed by atoms with E-state index in [-0.39, 0.29) is 18.4 Å². The molecule has 164 valence electrons. The molecule has 1 aromatic rings. The van der Waals surface area contributed by atoms with Gasteiger partial charge in [-0.3, -0.25) is 4.98 Å². The number of rotatable bonds is 15. The summed E-state index contributed by atoms with van der Waals surface area (Å²) in [6.07, 6.45) is 7.31. The van der Waals surface area contributed by atoms with E-state index >= 15 is 0 Å². The van der Waals surface area contributed by atoms with Gasteiger partial charge in [-0.1, -0.05) is 19.8 Å². The highest BCUT2D eigenvalue weighted by atomic mass is 35.5. The van der Waals surface area contributed by atoms with Gasteiger partial charge in [-0.05, 0) is 37.7 Å². The zero-order chi connectivity index (χ0) is 21.3. The van der Waals surface area contributed by atoms with E-state index in [1.54, 1.807) is 18.3 Å². The van der Waals surface area contributed by atoms with Gasteiger partial charge in [0.15, 0.2) is 5.60 Å². The summed E-state index contributed by atoms with van der Waals surface area (Å²) in [4.78, 5) is 15.9. The zero-order valence-electron chi connectivity index (χ0n) is 17.1. The minimum atomic E-state index is -2.18. The maximum atomic E-state index is 11.8. The van der Waals surface area contributed by atoms with Gasteiger partial charge in [0, 0.05) is 36.4 Å². The minimum Gasteiger partial charge on any atom is -0.493 e. The van der Waals surface area contributed by atoms with Gasteiger partial charge >= 0.3 is 5.97 Å². The van der Waals surface area contributed by atoms with Crippen molar-refractivity contribution in [2.45, 2.75) is 68.9 Å². The monoisotopic (exact) mass is 428 g/mol. The largest absolute Gasteiger partial charge is 0.493 e. The van der Waals surface area contributed by atoms with E-state index in [4.69, 9.17) is 26.8 Å². The number of carboxylic acids is 1. The first-order valence-electron chi connectivity index (χ1n) is 10.4. The second-order valence-electron chi connectivity index (χ2n) is 7.80. The van der Waals surface area contributed by atoms with Crippen molar-refractivity contribution in [2.24, 2.45) is 11.7 Å². The van der Waals surface area contributed by atoms with Gasteiger partial charge in [0.2, 0.25) is 0 Å². The number of pyridine rings is 1. The molecule has 2 rings (SSSR count). The van der Waals surface area contributed by atoms with Crippen molar-refractivity contribution >= 4 is 17.6 Å². The number of aliphatic carboxylic acids is 1. The number of hydrogen-bond donors (Lipinski definition) is 3. The minimum absolute atomic E-state index is 0.0700. The number of aliphatic hydroxyl groups is 1. The molecule has 0 aliphatic heterocycles. The van der Waals surface area contributed by atoms with E-state index in [0.717, 1.165) is 31.6 Å². The molecule has 1 aromatic heterocycles. The van der Waals surface area contributed by atoms with Gasteiger partial charge in [-0.15, -0.1) is 11.6 Å². The molecular weight excluding hydrogens is 396 g/mol. The Kier molecular flexibility index (Phi) is 9.62. The van der Waals surface area contributed by atoms with Crippen LogP contribution in [0.4, 0.5) is 0 Å². The van der Waals surface area contributed by atoms with Gasteiger partial charge in [0.25, 0.3) is 0 Å². The molecule has 3 atom stereocenters. The quantitative estimate of drug-likeness (QED) is 0.290. The average Bonchev–Trinajstić information content (AvgIpc) is 3.51. The summed E-state index contributed by atoms with van der Waals surface area (Å²) in [6.45, 7) is 2.98. The summed E-state index contributed by atoms with van der Waals surface area (Å²) in [5, 5.41) is 20.4. The number of nitrogens with two attached hydrogens (primary N) is 1. The molecule has 4 N–H and O–H groups in total. The molecule has 1 fully saturated rings. The van der Waals surface area contributed by atoms with Gasteiger partial charge in [-0.2, -0.15) is 0 Å². The lowest BCUT2D eigenvalue weighted by atomic mass is 9.89. The van der Waals surface area contributed by atoms with Crippen LogP contribution in [0.2, 0.25) is 0 Å². The Morgan fingerprint density at radius 3 is 2.86 bits per heavy atom. The maximum Gasteiger partial charge on any atom is 0.337 e. The molecule has 1 aliphatic carbocycles. The molecule has 0 aromatic carbocycles. The number of aromatic nitrogens is 1. The summed E-state index contributed by atoms with van der Waals surface area (Å²) < 4.78 is 11.2. The standard InChI is InChI=1S/C21H33ClN2O5/c1-2-16(22)4-3-10-28-14-19(23)21(27,20(25)26)13-17-12-18(7-9-24-17)29-11-8-15-5-6-15/h7,9,12,15-16,19,27H,2-6,8,10-11,13-14,23H2,1H3,(H,25,26)/t16?,19-,21?/m0/s1. The van der Waals surface area contributed by atoms with Crippen LogP contribution in [0, 0.1) is 5.92 Å². The highest BCUT2D eigenvalue weighted by molar-refractivity contribution is 6.20. The van der Waals surface area contributed by atoms with Crippen LogP contribution in [0.15, 0.2) is 18.3 Å². The molecule has 0 radical (unpaired) electrons. The Labute approximate surface area is 177 Å². The molecule has 1 aliphatic rings. The Morgan fingerprint density at radius 1 is 1.45 bits per heavy atom. The highest BCUT2D eigenvalue weighted by Gasteiger charge is 2.43. The van der Waals surface area contributed by atoms with Crippen LogP contribution in [0.1, 0.15) is 51.1 Å². The molecule has 0 saturated heterocycles. The second kappa shape index (κ2) is 11.7. The van der Waals surface area contributed by atoms with Gasteiger partial charge in [0.1, 0.15) is 5.75 Å². The molecule has 7 nitrogen and oxygen atoms in total. The average molecular weight is 429 g/mol. The van der Waals surface area contributed by atoms with E-state index in [9.17, 15) is 15.0 Å². The Bertz CT molecular complexity index is 643. The van der Waals surface area contributed by atoms with Crippen LogP contribution in [-0.2, 0) is 16.0 Å². The van der Waals surface area contributed by atoms with E-state index < -0.39 is 17.6 Å². The fourth-order valence-corrected chi connectivity index (χ4v) is 3.15. The summed E-state index contributed by atoms with van der Waals surface area (Å²) in [5.41, 5.74) is 4.21. The smallest absolute Gasteiger partial charge is 0.337 e. The normalized spacial score (nSPS) is 18.1. The predicted molar refractivity (Wildman–Crippen MR) is 111 cm³/mol. The fraction of sp³-hybridized carbons (Fsp3) is 0.714. The van der Waals surface area contributed by atoms with Gasteiger partial charge in [-0.25, -0.2) is 4.79 Å². The number of nitrogens with zero attached hydrogens (tertiary/aromatic N) is 1. The van der Waals surface area contributed by atoms with Gasteiger partial charge < -0.3 is 25.4 Å². The molecule has 0 amide bonds. The highest BCUT2D eigenvalue weighted by Crippen LogP contribution is 2.32. The first kappa shape index (κ1) is 23.9. The molecule has 2 unspecified atom stereocenters. The summed E-state index contributed by atoms with van der Waals surface area (Å²) >= 11 is 6.06. The van der Waals surface area contributed by atoms with Crippen molar-refractivity contribution in [1.29, 1.82) is 0 Å². The summed E-state index contributed by atoms with van der Waals surface area (Å²) in [5.74, 6) is -0.0225. The number of halogens is 1. The predicted octanol–water partition coefficient (Wildman–Crippen LogP) is 2.76. The van der Waals surface area contributed by atoms with Crippen molar-refractivity contribution < 1.29 is 24.5 Å².